The molecule has 2 aromatic rings. The minimum absolute atomic E-state index is 0.146. The van der Waals surface area contributed by atoms with Crippen LogP contribution in [0.25, 0.3) is 5.82 Å². The van der Waals surface area contributed by atoms with Crippen LogP contribution in [-0.2, 0) is 10.8 Å². The van der Waals surface area contributed by atoms with E-state index in [1.54, 1.807) is 18.3 Å². The van der Waals surface area contributed by atoms with E-state index in [-0.39, 0.29) is 10.6 Å². The van der Waals surface area contributed by atoms with Crippen molar-refractivity contribution in [2.24, 2.45) is 0 Å². The van der Waals surface area contributed by atoms with Crippen LogP contribution in [0.5, 0.6) is 0 Å². The van der Waals surface area contributed by atoms with Crippen LogP contribution in [0.3, 0.4) is 0 Å². The molecule has 7 heteroatoms. The van der Waals surface area contributed by atoms with E-state index < -0.39 is 8.32 Å². The van der Waals surface area contributed by atoms with Crippen molar-refractivity contribution in [3.8, 4) is 11.9 Å². The number of nitrogens with one attached hydrogen (secondary N) is 1. The lowest BCUT2D eigenvalue weighted by atomic mass is 10.2. The molecule has 0 aromatic carbocycles. The minimum atomic E-state index is -1.81. The van der Waals surface area contributed by atoms with Crippen LogP contribution in [0.2, 0.25) is 18.1 Å². The van der Waals surface area contributed by atoms with Crippen LogP contribution in [0.15, 0.2) is 29.3 Å². The number of aromatic amines is 1. The van der Waals surface area contributed by atoms with E-state index in [1.807, 2.05) is 6.07 Å². The molecule has 0 amide bonds. The molecule has 0 radical (unpaired) electrons. The average Bonchev–Trinajstić information content (AvgIpc) is 2.87. The van der Waals surface area contributed by atoms with Crippen LogP contribution in [0, 0.1) is 11.3 Å². The number of nitriles is 1. The Morgan fingerprint density at radius 3 is 2.75 bits per heavy atom. The summed E-state index contributed by atoms with van der Waals surface area (Å²) in [6.45, 7) is 11.5. The van der Waals surface area contributed by atoms with Gasteiger partial charge in [0.1, 0.15) is 0 Å². The topological polar surface area (TPSA) is 83.7 Å². The largest absolute Gasteiger partial charge is 0.416 e. The van der Waals surface area contributed by atoms with Crippen LogP contribution in [0.1, 0.15) is 31.9 Å². The van der Waals surface area contributed by atoms with Crippen LogP contribution >= 0.6 is 0 Å². The zero-order chi connectivity index (χ0) is 18.0. The average molecular weight is 344 g/mol. The summed E-state index contributed by atoms with van der Waals surface area (Å²) in [4.78, 5) is 16.6. The lowest BCUT2D eigenvalue weighted by Crippen LogP contribution is -2.41. The number of aromatic nitrogens is 3. The second-order valence-electron chi connectivity index (χ2n) is 7.31. The first kappa shape index (κ1) is 18.2. The van der Waals surface area contributed by atoms with Gasteiger partial charge in [-0.05, 0) is 24.2 Å². The van der Waals surface area contributed by atoms with E-state index in [2.05, 4.69) is 43.9 Å². The fourth-order valence-corrected chi connectivity index (χ4v) is 3.04. The summed E-state index contributed by atoms with van der Waals surface area (Å²) in [5.74, 6) is 0.413. The molecule has 0 saturated carbocycles. The Labute approximate surface area is 143 Å². The predicted octanol–water partition coefficient (Wildman–Crippen LogP) is 3.00. The van der Waals surface area contributed by atoms with Crippen molar-refractivity contribution in [2.75, 3.05) is 6.61 Å². The number of H-pyrrole nitrogens is 1. The van der Waals surface area contributed by atoms with Crippen molar-refractivity contribution in [3.05, 3.63) is 46.0 Å². The maximum atomic E-state index is 12.5. The van der Waals surface area contributed by atoms with Crippen LogP contribution in [0.4, 0.5) is 0 Å². The second-order valence-corrected chi connectivity index (χ2v) is 12.1. The maximum Gasteiger partial charge on any atom is 0.275 e. The van der Waals surface area contributed by atoms with E-state index in [4.69, 9.17) is 9.69 Å². The smallest absolute Gasteiger partial charge is 0.275 e. The first-order valence-corrected chi connectivity index (χ1v) is 10.9. The summed E-state index contributed by atoms with van der Waals surface area (Å²) in [6.07, 6.45) is 3.74. The molecule has 2 heterocycles. The van der Waals surface area contributed by atoms with Crippen molar-refractivity contribution in [1.82, 2.24) is 14.8 Å². The predicted molar refractivity (Wildman–Crippen MR) is 95.8 cm³/mol. The van der Waals surface area contributed by atoms with Gasteiger partial charge in [0, 0.05) is 37.1 Å². The van der Waals surface area contributed by atoms with E-state index in [9.17, 15) is 4.79 Å². The molecule has 0 bridgehead atoms. The minimum Gasteiger partial charge on any atom is -0.416 e. The van der Waals surface area contributed by atoms with Gasteiger partial charge in [0.05, 0.1) is 11.6 Å². The van der Waals surface area contributed by atoms with Gasteiger partial charge in [-0.25, -0.2) is 9.67 Å². The van der Waals surface area contributed by atoms with E-state index in [0.29, 0.717) is 30.0 Å². The van der Waals surface area contributed by atoms with Gasteiger partial charge in [-0.1, -0.05) is 20.8 Å². The molecule has 128 valence electrons. The third kappa shape index (κ3) is 3.83. The third-order valence-corrected chi connectivity index (χ3v) is 9.13. The molecule has 0 aliphatic rings. The number of rotatable bonds is 5. The quantitative estimate of drug-likeness (QED) is 0.845. The highest BCUT2D eigenvalue weighted by molar-refractivity contribution is 6.74. The zero-order valence-corrected chi connectivity index (χ0v) is 15.9. The summed E-state index contributed by atoms with van der Waals surface area (Å²) >= 11 is 0. The molecule has 1 N–H and O–H groups in total. The Hall–Kier alpha value is -2.17. The molecule has 0 aliphatic carbocycles. The van der Waals surface area contributed by atoms with Gasteiger partial charge in [0.2, 0.25) is 0 Å². The molecule has 0 spiro atoms. The molecule has 24 heavy (non-hydrogen) atoms. The summed E-state index contributed by atoms with van der Waals surface area (Å²) in [7, 11) is -1.81. The Balaban J connectivity index is 2.11. The number of hydrogen-bond acceptors (Lipinski definition) is 4. The normalized spacial score (nSPS) is 12.2. The summed E-state index contributed by atoms with van der Waals surface area (Å²) in [5.41, 5.74) is 0.957. The Bertz CT molecular complexity index is 809. The van der Waals surface area contributed by atoms with Crippen molar-refractivity contribution in [1.29, 1.82) is 5.26 Å². The van der Waals surface area contributed by atoms with Crippen molar-refractivity contribution < 1.29 is 4.43 Å². The van der Waals surface area contributed by atoms with E-state index >= 15 is 0 Å². The van der Waals surface area contributed by atoms with Gasteiger partial charge < -0.3 is 4.43 Å². The Kier molecular flexibility index (Phi) is 5.11. The van der Waals surface area contributed by atoms with Gasteiger partial charge in [0.15, 0.2) is 14.1 Å². The molecule has 2 rings (SSSR count). The lowest BCUT2D eigenvalue weighted by molar-refractivity contribution is 0.291. The van der Waals surface area contributed by atoms with E-state index in [1.165, 1.54) is 10.9 Å². The monoisotopic (exact) mass is 344 g/mol. The molecule has 6 nitrogen and oxygen atoms in total. The summed E-state index contributed by atoms with van der Waals surface area (Å²) in [6, 6.07) is 5.22. The number of nitrogens with zero attached hydrogens (tertiary/aromatic N) is 3. The number of hydrogen-bond donors (Lipinski definition) is 1. The first-order chi connectivity index (χ1) is 11.2. The fourth-order valence-electron chi connectivity index (χ4n) is 2.00. The van der Waals surface area contributed by atoms with Gasteiger partial charge in [0.25, 0.3) is 5.56 Å². The first-order valence-electron chi connectivity index (χ1n) is 7.95. The van der Waals surface area contributed by atoms with Crippen LogP contribution < -0.4 is 5.56 Å². The van der Waals surface area contributed by atoms with Crippen molar-refractivity contribution in [3.63, 3.8) is 0 Å². The second kappa shape index (κ2) is 6.75. The van der Waals surface area contributed by atoms with Gasteiger partial charge in [-0.2, -0.15) is 5.26 Å². The highest BCUT2D eigenvalue weighted by atomic mass is 28.4. The van der Waals surface area contributed by atoms with Gasteiger partial charge in [-0.15, -0.1) is 0 Å². The molecule has 0 fully saturated rings. The highest BCUT2D eigenvalue weighted by Gasteiger charge is 2.36. The Morgan fingerprint density at radius 2 is 2.12 bits per heavy atom. The van der Waals surface area contributed by atoms with Crippen molar-refractivity contribution in [2.45, 2.75) is 45.3 Å². The molecule has 0 aliphatic heterocycles. The third-order valence-electron chi connectivity index (χ3n) is 4.59. The Morgan fingerprint density at radius 1 is 1.42 bits per heavy atom. The van der Waals surface area contributed by atoms with Gasteiger partial charge in [-0.3, -0.25) is 9.89 Å². The number of pyridine rings is 1. The maximum absolute atomic E-state index is 12.5. The van der Waals surface area contributed by atoms with E-state index in [0.717, 1.165) is 0 Å². The molecule has 0 saturated heterocycles. The summed E-state index contributed by atoms with van der Waals surface area (Å²) < 4.78 is 7.47. The van der Waals surface area contributed by atoms with Crippen LogP contribution in [-0.4, -0.2) is 29.7 Å². The molecule has 2 aromatic heterocycles. The molecular formula is C17H24N4O2Si. The molecular weight excluding hydrogens is 320 g/mol. The highest BCUT2D eigenvalue weighted by Crippen LogP contribution is 2.36. The lowest BCUT2D eigenvalue weighted by Gasteiger charge is -2.36. The summed E-state index contributed by atoms with van der Waals surface area (Å²) in [5, 5.41) is 12.0. The SMILES string of the molecule is CC(C)(C)[Si](C)(C)OCCc1c[nH]n(-c2cc(C#N)ccn2)c1=O. The fraction of sp³-hybridized carbons (Fsp3) is 0.471. The van der Waals surface area contributed by atoms with Crippen molar-refractivity contribution >= 4 is 8.32 Å². The molecule has 0 atom stereocenters. The zero-order valence-electron chi connectivity index (χ0n) is 14.9. The standard InChI is InChI=1S/C17H24N4O2Si/c1-17(2,3)24(4,5)23-9-7-14-12-20-21(16(14)22)15-10-13(11-18)6-8-19-15/h6,8,10,12,20H,7,9H2,1-5H3. The molecule has 0 unspecified atom stereocenters. The van der Waals surface area contributed by atoms with Gasteiger partial charge >= 0.3 is 0 Å².